The summed E-state index contributed by atoms with van der Waals surface area (Å²) in [6.07, 6.45) is 11.1. The quantitative estimate of drug-likeness (QED) is 0.646. The fraction of sp³-hybridized carbons (Fsp3) is 0.733. The zero-order valence-electron chi connectivity index (χ0n) is 10.5. The number of allylic oxidation sites excluding steroid dienone is 3. The van der Waals surface area contributed by atoms with Gasteiger partial charge in [-0.25, -0.2) is 0 Å². The van der Waals surface area contributed by atoms with E-state index in [4.69, 9.17) is 4.74 Å². The first-order chi connectivity index (χ1) is 7.77. The molecule has 3 atom stereocenters. The molecule has 3 unspecified atom stereocenters. The molecule has 0 aromatic rings. The number of ether oxygens (including phenoxy) is 1. The Kier molecular flexibility index (Phi) is 2.38. The first kappa shape index (κ1) is 10.4. The Bertz CT molecular complexity index is 352. The van der Waals surface area contributed by atoms with Crippen LogP contribution < -0.4 is 0 Å². The minimum Gasteiger partial charge on any atom is -0.494 e. The van der Waals surface area contributed by atoms with Crippen LogP contribution in [0, 0.1) is 17.3 Å². The third-order valence-electron chi connectivity index (χ3n) is 4.80. The van der Waals surface area contributed by atoms with E-state index in [0.29, 0.717) is 5.41 Å². The second-order valence-electron chi connectivity index (χ2n) is 5.80. The second kappa shape index (κ2) is 3.65. The standard InChI is InChI=1S/C15H22O/c1-3-4-10-16-13-8-9-15(2)12-7-5-6-11(13)14(12)15/h6,8,12,14H,3-5,7,9-10H2,1-2H3. The molecule has 16 heavy (non-hydrogen) atoms. The number of fused-ring (bicyclic) bond motifs is 1. The molecule has 0 aromatic heterocycles. The Hall–Kier alpha value is -0.720. The van der Waals surface area contributed by atoms with Gasteiger partial charge in [-0.2, -0.15) is 0 Å². The van der Waals surface area contributed by atoms with Crippen LogP contribution in [0.3, 0.4) is 0 Å². The van der Waals surface area contributed by atoms with Crippen molar-refractivity contribution in [2.75, 3.05) is 6.61 Å². The summed E-state index contributed by atoms with van der Waals surface area (Å²) in [5.41, 5.74) is 2.14. The fourth-order valence-corrected chi connectivity index (χ4v) is 3.71. The Morgan fingerprint density at radius 1 is 1.44 bits per heavy atom. The molecule has 0 amide bonds. The van der Waals surface area contributed by atoms with Crippen LogP contribution in [-0.2, 0) is 4.74 Å². The van der Waals surface area contributed by atoms with Crippen molar-refractivity contribution < 1.29 is 4.74 Å². The highest BCUT2D eigenvalue weighted by molar-refractivity contribution is 5.43. The minimum absolute atomic E-state index is 0.597. The zero-order chi connectivity index (χ0) is 11.2. The van der Waals surface area contributed by atoms with Crippen molar-refractivity contribution in [3.63, 3.8) is 0 Å². The maximum atomic E-state index is 5.94. The minimum atomic E-state index is 0.597. The predicted molar refractivity (Wildman–Crippen MR) is 66.0 cm³/mol. The van der Waals surface area contributed by atoms with Crippen LogP contribution in [0.25, 0.3) is 0 Å². The molecule has 1 heteroatoms. The summed E-state index contributed by atoms with van der Waals surface area (Å²) in [7, 11) is 0. The molecule has 3 aliphatic rings. The average molecular weight is 218 g/mol. The highest BCUT2D eigenvalue weighted by Gasteiger charge is 2.64. The Labute approximate surface area is 98.6 Å². The van der Waals surface area contributed by atoms with Crippen LogP contribution in [0.4, 0.5) is 0 Å². The summed E-state index contributed by atoms with van der Waals surface area (Å²) in [5.74, 6) is 3.01. The second-order valence-corrected chi connectivity index (χ2v) is 5.80. The van der Waals surface area contributed by atoms with E-state index in [1.165, 1.54) is 37.9 Å². The third kappa shape index (κ3) is 1.37. The fourth-order valence-electron chi connectivity index (χ4n) is 3.71. The third-order valence-corrected chi connectivity index (χ3v) is 4.80. The van der Waals surface area contributed by atoms with Gasteiger partial charge in [0.15, 0.2) is 0 Å². The van der Waals surface area contributed by atoms with Crippen molar-refractivity contribution in [1.82, 2.24) is 0 Å². The molecule has 0 N–H and O–H groups in total. The lowest BCUT2D eigenvalue weighted by molar-refractivity contribution is 0.205. The highest BCUT2D eigenvalue weighted by atomic mass is 16.5. The van der Waals surface area contributed by atoms with E-state index >= 15 is 0 Å². The van der Waals surface area contributed by atoms with Gasteiger partial charge in [0.05, 0.1) is 6.61 Å². The van der Waals surface area contributed by atoms with Gasteiger partial charge in [0, 0.05) is 0 Å². The van der Waals surface area contributed by atoms with Crippen molar-refractivity contribution in [1.29, 1.82) is 0 Å². The molecule has 88 valence electrons. The number of hydrogen-bond acceptors (Lipinski definition) is 1. The van der Waals surface area contributed by atoms with Crippen LogP contribution in [0.15, 0.2) is 23.5 Å². The van der Waals surface area contributed by atoms with Gasteiger partial charge in [-0.05, 0) is 54.6 Å². The number of hydrogen-bond donors (Lipinski definition) is 0. The molecule has 0 aliphatic heterocycles. The van der Waals surface area contributed by atoms with E-state index in [0.717, 1.165) is 18.4 Å². The van der Waals surface area contributed by atoms with Gasteiger partial charge in [0.25, 0.3) is 0 Å². The Balaban J connectivity index is 1.73. The largest absolute Gasteiger partial charge is 0.494 e. The van der Waals surface area contributed by atoms with Crippen LogP contribution in [0.1, 0.15) is 46.0 Å². The maximum absolute atomic E-state index is 5.94. The molecule has 1 fully saturated rings. The summed E-state index contributed by atoms with van der Waals surface area (Å²) >= 11 is 0. The van der Waals surface area contributed by atoms with Gasteiger partial charge < -0.3 is 4.74 Å². The monoisotopic (exact) mass is 218 g/mol. The van der Waals surface area contributed by atoms with Gasteiger partial charge >= 0.3 is 0 Å². The normalized spacial score (nSPS) is 39.6. The summed E-state index contributed by atoms with van der Waals surface area (Å²) in [4.78, 5) is 0. The molecule has 0 bridgehead atoms. The van der Waals surface area contributed by atoms with Crippen molar-refractivity contribution in [2.24, 2.45) is 17.3 Å². The average Bonchev–Trinajstić information content (AvgIpc) is 2.91. The molecule has 0 radical (unpaired) electrons. The smallest absolute Gasteiger partial charge is 0.118 e. The summed E-state index contributed by atoms with van der Waals surface area (Å²) in [6, 6.07) is 0. The van der Waals surface area contributed by atoms with Crippen LogP contribution in [0.5, 0.6) is 0 Å². The van der Waals surface area contributed by atoms with Crippen molar-refractivity contribution in [3.05, 3.63) is 23.5 Å². The zero-order valence-corrected chi connectivity index (χ0v) is 10.5. The SMILES string of the molecule is CCCCOC1=CCC2(C)C3CCC=C1C32. The highest BCUT2D eigenvalue weighted by Crippen LogP contribution is 2.70. The van der Waals surface area contributed by atoms with Crippen molar-refractivity contribution in [3.8, 4) is 0 Å². The van der Waals surface area contributed by atoms with Gasteiger partial charge in [-0.3, -0.25) is 0 Å². The van der Waals surface area contributed by atoms with Crippen LogP contribution >= 0.6 is 0 Å². The Morgan fingerprint density at radius 3 is 3.12 bits per heavy atom. The lowest BCUT2D eigenvalue weighted by Crippen LogP contribution is -2.10. The molecule has 0 spiro atoms. The first-order valence-corrected chi connectivity index (χ1v) is 6.80. The van der Waals surface area contributed by atoms with Gasteiger partial charge in [-0.1, -0.05) is 26.3 Å². The summed E-state index contributed by atoms with van der Waals surface area (Å²) in [6.45, 7) is 5.57. The molecule has 1 saturated carbocycles. The van der Waals surface area contributed by atoms with Gasteiger partial charge in [0.2, 0.25) is 0 Å². The van der Waals surface area contributed by atoms with E-state index in [2.05, 4.69) is 26.0 Å². The topological polar surface area (TPSA) is 9.23 Å². The summed E-state index contributed by atoms with van der Waals surface area (Å²) < 4.78 is 5.94. The van der Waals surface area contributed by atoms with Gasteiger partial charge in [0.1, 0.15) is 5.76 Å². The summed E-state index contributed by atoms with van der Waals surface area (Å²) in [5, 5.41) is 0. The van der Waals surface area contributed by atoms with E-state index < -0.39 is 0 Å². The lowest BCUT2D eigenvalue weighted by atomic mass is 9.90. The van der Waals surface area contributed by atoms with Gasteiger partial charge in [-0.15, -0.1) is 0 Å². The van der Waals surface area contributed by atoms with Crippen LogP contribution in [-0.4, -0.2) is 6.61 Å². The Morgan fingerprint density at radius 2 is 2.31 bits per heavy atom. The predicted octanol–water partition coefficient (Wildman–Crippen LogP) is 4.06. The van der Waals surface area contributed by atoms with Crippen LogP contribution in [0.2, 0.25) is 0 Å². The molecule has 1 nitrogen and oxygen atoms in total. The lowest BCUT2D eigenvalue weighted by Gasteiger charge is -2.21. The molecule has 0 saturated heterocycles. The van der Waals surface area contributed by atoms with E-state index in [1.54, 1.807) is 5.57 Å². The number of rotatable bonds is 4. The molecular weight excluding hydrogens is 196 g/mol. The molecule has 3 aliphatic carbocycles. The molecular formula is C15H22O. The van der Waals surface area contributed by atoms with E-state index in [9.17, 15) is 0 Å². The van der Waals surface area contributed by atoms with Crippen molar-refractivity contribution in [2.45, 2.75) is 46.0 Å². The first-order valence-electron chi connectivity index (χ1n) is 6.80. The molecule has 0 aromatic carbocycles. The molecule has 0 heterocycles. The maximum Gasteiger partial charge on any atom is 0.118 e. The number of unbranched alkanes of at least 4 members (excludes halogenated alkanes) is 1. The van der Waals surface area contributed by atoms with E-state index in [1.807, 2.05) is 0 Å². The molecule has 3 rings (SSSR count). The van der Waals surface area contributed by atoms with Crippen molar-refractivity contribution >= 4 is 0 Å². The van der Waals surface area contributed by atoms with E-state index in [-0.39, 0.29) is 0 Å².